The van der Waals surface area contributed by atoms with E-state index in [4.69, 9.17) is 4.74 Å². The molecule has 72 valence electrons. The maximum absolute atomic E-state index is 5.17. The van der Waals surface area contributed by atoms with Crippen molar-refractivity contribution in [3.63, 3.8) is 0 Å². The van der Waals surface area contributed by atoms with Crippen LogP contribution in [0.1, 0.15) is 25.3 Å². The largest absolute Gasteiger partial charge is 0.497 e. The van der Waals surface area contributed by atoms with Crippen LogP contribution < -0.4 is 4.74 Å². The summed E-state index contributed by atoms with van der Waals surface area (Å²) >= 11 is 3.58. The van der Waals surface area contributed by atoms with Crippen molar-refractivity contribution in [1.82, 2.24) is 0 Å². The van der Waals surface area contributed by atoms with Gasteiger partial charge in [-0.3, -0.25) is 0 Å². The fraction of sp³-hybridized carbons (Fsp3) is 0.455. The van der Waals surface area contributed by atoms with Gasteiger partial charge in [-0.25, -0.2) is 0 Å². The van der Waals surface area contributed by atoms with Gasteiger partial charge < -0.3 is 4.74 Å². The Bertz CT molecular complexity index is 271. The summed E-state index contributed by atoms with van der Waals surface area (Å²) in [4.78, 5) is 0.486. The lowest BCUT2D eigenvalue weighted by molar-refractivity contribution is 0.414. The Kier molecular flexibility index (Phi) is 3.79. The molecule has 0 aliphatic rings. The monoisotopic (exact) mass is 242 g/mol. The third-order valence-electron chi connectivity index (χ3n) is 2.31. The number of rotatable bonds is 3. The maximum atomic E-state index is 5.17. The molecule has 0 spiro atoms. The van der Waals surface area contributed by atoms with Crippen LogP contribution in [0.3, 0.4) is 0 Å². The Morgan fingerprint density at radius 2 is 2.00 bits per heavy atom. The van der Waals surface area contributed by atoms with Crippen LogP contribution in [0.2, 0.25) is 0 Å². The Hall–Kier alpha value is -0.500. The molecule has 0 amide bonds. The van der Waals surface area contributed by atoms with Gasteiger partial charge in [0.2, 0.25) is 0 Å². The van der Waals surface area contributed by atoms with E-state index in [2.05, 4.69) is 41.9 Å². The molecule has 0 radical (unpaired) electrons. The lowest BCUT2D eigenvalue weighted by Gasteiger charge is -2.15. The number of alkyl halides is 1. The second-order valence-corrected chi connectivity index (χ2v) is 4.69. The number of ether oxygens (including phenoxy) is 1. The van der Waals surface area contributed by atoms with E-state index in [1.54, 1.807) is 7.11 Å². The third kappa shape index (κ3) is 2.73. The molecule has 0 heterocycles. The Morgan fingerprint density at radius 3 is 2.54 bits per heavy atom. The molecule has 1 aromatic rings. The van der Waals surface area contributed by atoms with Gasteiger partial charge >= 0.3 is 0 Å². The van der Waals surface area contributed by atoms with Crippen LogP contribution >= 0.6 is 15.9 Å². The van der Waals surface area contributed by atoms with Gasteiger partial charge in [-0.1, -0.05) is 41.9 Å². The molecule has 1 rings (SSSR count). The zero-order chi connectivity index (χ0) is 9.84. The van der Waals surface area contributed by atoms with Crippen molar-refractivity contribution in [2.45, 2.75) is 24.6 Å². The van der Waals surface area contributed by atoms with E-state index in [-0.39, 0.29) is 0 Å². The molecule has 0 aliphatic heterocycles. The van der Waals surface area contributed by atoms with Gasteiger partial charge in [-0.05, 0) is 23.6 Å². The van der Waals surface area contributed by atoms with E-state index in [0.717, 1.165) is 5.75 Å². The summed E-state index contributed by atoms with van der Waals surface area (Å²) in [7, 11) is 1.70. The van der Waals surface area contributed by atoms with Crippen LogP contribution in [0.5, 0.6) is 5.75 Å². The summed E-state index contributed by atoms with van der Waals surface area (Å²) in [6, 6.07) is 8.21. The normalized spacial score (nSPS) is 15.1. The Morgan fingerprint density at radius 1 is 1.31 bits per heavy atom. The van der Waals surface area contributed by atoms with Crippen LogP contribution in [-0.4, -0.2) is 11.9 Å². The molecule has 2 atom stereocenters. The first kappa shape index (κ1) is 10.6. The highest BCUT2D eigenvalue weighted by molar-refractivity contribution is 9.09. The fourth-order valence-corrected chi connectivity index (χ4v) is 1.50. The lowest BCUT2D eigenvalue weighted by atomic mass is 9.98. The molecule has 0 aromatic heterocycles. The second kappa shape index (κ2) is 4.66. The van der Waals surface area contributed by atoms with Crippen molar-refractivity contribution >= 4 is 15.9 Å². The van der Waals surface area contributed by atoms with Gasteiger partial charge in [-0.15, -0.1) is 0 Å². The minimum Gasteiger partial charge on any atom is -0.497 e. The predicted molar refractivity (Wildman–Crippen MR) is 59.8 cm³/mol. The van der Waals surface area contributed by atoms with Crippen molar-refractivity contribution < 1.29 is 4.74 Å². The molecule has 1 nitrogen and oxygen atoms in total. The van der Waals surface area contributed by atoms with Crippen LogP contribution in [0.25, 0.3) is 0 Å². The topological polar surface area (TPSA) is 9.23 Å². The molecule has 13 heavy (non-hydrogen) atoms. The second-order valence-electron chi connectivity index (χ2n) is 3.24. The number of hydrogen-bond acceptors (Lipinski definition) is 1. The SMILES string of the molecule is COc1cccc(C(C)C(C)Br)c1. The van der Waals surface area contributed by atoms with Gasteiger partial charge in [0, 0.05) is 4.83 Å². The standard InChI is InChI=1S/C11H15BrO/c1-8(9(2)12)10-5-4-6-11(7-10)13-3/h4-9H,1-3H3. The first-order valence-electron chi connectivity index (χ1n) is 4.43. The van der Waals surface area contributed by atoms with Crippen LogP contribution in [0.4, 0.5) is 0 Å². The highest BCUT2D eigenvalue weighted by atomic mass is 79.9. The van der Waals surface area contributed by atoms with E-state index in [9.17, 15) is 0 Å². The molecule has 0 saturated carbocycles. The predicted octanol–water partition coefficient (Wildman–Crippen LogP) is 3.58. The zero-order valence-corrected chi connectivity index (χ0v) is 9.84. The van der Waals surface area contributed by atoms with Gasteiger partial charge in [0.25, 0.3) is 0 Å². The van der Waals surface area contributed by atoms with Gasteiger partial charge in [0.1, 0.15) is 5.75 Å². The highest BCUT2D eigenvalue weighted by Crippen LogP contribution is 2.26. The summed E-state index contributed by atoms with van der Waals surface area (Å²) in [5.74, 6) is 1.44. The molecule has 2 unspecified atom stereocenters. The number of halogens is 1. The van der Waals surface area contributed by atoms with E-state index in [1.807, 2.05) is 12.1 Å². The van der Waals surface area contributed by atoms with E-state index in [1.165, 1.54) is 5.56 Å². The summed E-state index contributed by atoms with van der Waals surface area (Å²) < 4.78 is 5.17. The molecule has 2 heteroatoms. The third-order valence-corrected chi connectivity index (χ3v) is 3.10. The molecule has 0 N–H and O–H groups in total. The van der Waals surface area contributed by atoms with Crippen LogP contribution in [-0.2, 0) is 0 Å². The molecule has 0 bridgehead atoms. The summed E-state index contributed by atoms with van der Waals surface area (Å²) in [6.07, 6.45) is 0. The summed E-state index contributed by atoms with van der Waals surface area (Å²) in [6.45, 7) is 4.36. The van der Waals surface area contributed by atoms with Crippen molar-refractivity contribution in [2.75, 3.05) is 7.11 Å². The van der Waals surface area contributed by atoms with Gasteiger partial charge in [0.05, 0.1) is 7.11 Å². The average molecular weight is 243 g/mol. The first-order valence-corrected chi connectivity index (χ1v) is 5.34. The average Bonchev–Trinajstić information content (AvgIpc) is 2.16. The van der Waals surface area contributed by atoms with Crippen molar-refractivity contribution in [3.05, 3.63) is 29.8 Å². The maximum Gasteiger partial charge on any atom is 0.119 e. The van der Waals surface area contributed by atoms with Crippen LogP contribution in [0.15, 0.2) is 24.3 Å². The van der Waals surface area contributed by atoms with Crippen molar-refractivity contribution in [3.8, 4) is 5.75 Å². The zero-order valence-electron chi connectivity index (χ0n) is 8.25. The van der Waals surface area contributed by atoms with E-state index < -0.39 is 0 Å². The Labute approximate surface area is 88.2 Å². The molecule has 0 fully saturated rings. The minimum absolute atomic E-state index is 0.486. The molecular weight excluding hydrogens is 228 g/mol. The fourth-order valence-electron chi connectivity index (χ4n) is 1.19. The highest BCUT2D eigenvalue weighted by Gasteiger charge is 2.11. The number of benzene rings is 1. The number of hydrogen-bond donors (Lipinski definition) is 0. The Balaban J connectivity index is 2.88. The van der Waals surface area contributed by atoms with Crippen LogP contribution in [0, 0.1) is 0 Å². The van der Waals surface area contributed by atoms with Gasteiger partial charge in [-0.2, -0.15) is 0 Å². The van der Waals surface area contributed by atoms with Crippen molar-refractivity contribution in [2.24, 2.45) is 0 Å². The van der Waals surface area contributed by atoms with Gasteiger partial charge in [0.15, 0.2) is 0 Å². The smallest absolute Gasteiger partial charge is 0.119 e. The van der Waals surface area contributed by atoms with Crippen molar-refractivity contribution in [1.29, 1.82) is 0 Å². The first-order chi connectivity index (χ1) is 6.15. The number of methoxy groups -OCH3 is 1. The van der Waals surface area contributed by atoms with E-state index in [0.29, 0.717) is 10.7 Å². The summed E-state index contributed by atoms with van der Waals surface area (Å²) in [5.41, 5.74) is 1.31. The molecule has 0 aliphatic carbocycles. The minimum atomic E-state index is 0.486. The lowest BCUT2D eigenvalue weighted by Crippen LogP contribution is -2.04. The quantitative estimate of drug-likeness (QED) is 0.737. The summed E-state index contributed by atoms with van der Waals surface area (Å²) in [5, 5.41) is 0. The molecule has 1 aromatic carbocycles. The van der Waals surface area contributed by atoms with E-state index >= 15 is 0 Å². The molecule has 0 saturated heterocycles. The molecular formula is C11H15BrO.